The summed E-state index contributed by atoms with van der Waals surface area (Å²) in [5.74, 6) is 0. The molecule has 0 aliphatic rings. The van der Waals surface area contributed by atoms with Crippen molar-refractivity contribution in [1.29, 1.82) is 0 Å². The average Bonchev–Trinajstić information content (AvgIpc) is 3.76. The monoisotopic (exact) mass is 831 g/mol. The Kier molecular flexibility index (Phi) is 9.43. The van der Waals surface area contributed by atoms with E-state index in [0.717, 1.165) is 17.1 Å². The first-order valence-corrected chi connectivity index (χ1v) is 22.7. The molecule has 11 aromatic carbocycles. The molecule has 0 aliphatic heterocycles. The number of para-hydroxylation sites is 1. The average molecular weight is 832 g/mol. The van der Waals surface area contributed by atoms with Crippen LogP contribution >= 0.6 is 11.3 Å². The van der Waals surface area contributed by atoms with Crippen molar-refractivity contribution in [2.75, 3.05) is 4.90 Å². The van der Waals surface area contributed by atoms with Crippen LogP contribution in [0.2, 0.25) is 0 Å². The van der Waals surface area contributed by atoms with Crippen LogP contribution in [-0.4, -0.2) is 0 Å². The van der Waals surface area contributed by atoms with Gasteiger partial charge < -0.3 is 4.90 Å². The third-order valence-electron chi connectivity index (χ3n) is 12.7. The Balaban J connectivity index is 0.966. The summed E-state index contributed by atoms with van der Waals surface area (Å²) in [4.78, 5) is 2.43. The zero-order valence-electron chi connectivity index (χ0n) is 35.0. The number of anilines is 3. The number of hydrogen-bond donors (Lipinski definition) is 0. The molecule has 1 nitrogen and oxygen atoms in total. The number of fused-ring (bicyclic) bond motifs is 5. The summed E-state index contributed by atoms with van der Waals surface area (Å²) >= 11 is 1.86. The Morgan fingerprint density at radius 1 is 0.250 bits per heavy atom. The molecule has 12 aromatic rings. The van der Waals surface area contributed by atoms with Gasteiger partial charge in [-0.05, 0) is 114 Å². The molecule has 64 heavy (non-hydrogen) atoms. The van der Waals surface area contributed by atoms with E-state index in [1.54, 1.807) is 0 Å². The smallest absolute Gasteiger partial charge is 0.0540 e. The predicted molar refractivity (Wildman–Crippen MR) is 276 cm³/mol. The fourth-order valence-electron chi connectivity index (χ4n) is 9.67. The number of thiophene rings is 1. The standard InChI is InChI=1S/C62H41NS/c1-3-18-50-44(14-1)16-11-24-51(50)46-32-30-42(31-33-46)43-34-38-48(39-35-43)63(59-27-9-7-22-56(59)57-26-13-29-61-62(57)58-23-8-10-28-60(58)64-61)49-40-36-47(37-41-49)53-20-5-6-21-54(53)55-25-12-17-45-15-2-4-19-52(45)55/h1-41H. The number of hydrogen-bond acceptors (Lipinski definition) is 2. The first kappa shape index (κ1) is 37.7. The van der Waals surface area contributed by atoms with Crippen LogP contribution in [0.15, 0.2) is 249 Å². The summed E-state index contributed by atoms with van der Waals surface area (Å²) in [6.45, 7) is 0. The molecule has 0 bridgehead atoms. The summed E-state index contributed by atoms with van der Waals surface area (Å²) in [5.41, 5.74) is 15.4. The lowest BCUT2D eigenvalue weighted by atomic mass is 9.91. The van der Waals surface area contributed by atoms with Crippen LogP contribution in [0.1, 0.15) is 0 Å². The maximum Gasteiger partial charge on any atom is 0.0540 e. The van der Waals surface area contributed by atoms with Crippen molar-refractivity contribution < 1.29 is 0 Å². The van der Waals surface area contributed by atoms with Crippen molar-refractivity contribution in [3.63, 3.8) is 0 Å². The molecule has 0 saturated carbocycles. The van der Waals surface area contributed by atoms with E-state index in [-0.39, 0.29) is 0 Å². The fourth-order valence-corrected chi connectivity index (χ4v) is 10.8. The molecule has 0 saturated heterocycles. The van der Waals surface area contributed by atoms with Crippen molar-refractivity contribution in [2.45, 2.75) is 0 Å². The van der Waals surface area contributed by atoms with Crippen LogP contribution in [0.25, 0.3) is 97.4 Å². The summed E-state index contributed by atoms with van der Waals surface area (Å²) < 4.78 is 2.60. The normalized spacial score (nSPS) is 11.4. The number of benzene rings is 11. The molecule has 0 atom stereocenters. The van der Waals surface area contributed by atoms with E-state index in [4.69, 9.17) is 0 Å². The molecule has 0 aliphatic carbocycles. The Labute approximate surface area is 377 Å². The first-order valence-electron chi connectivity index (χ1n) is 21.9. The fraction of sp³-hybridized carbons (Fsp3) is 0. The highest BCUT2D eigenvalue weighted by atomic mass is 32.1. The molecular weight excluding hydrogens is 791 g/mol. The van der Waals surface area contributed by atoms with Crippen LogP contribution in [0.4, 0.5) is 17.1 Å². The van der Waals surface area contributed by atoms with Gasteiger partial charge in [0.1, 0.15) is 0 Å². The highest BCUT2D eigenvalue weighted by Crippen LogP contribution is 2.47. The maximum absolute atomic E-state index is 2.43. The van der Waals surface area contributed by atoms with E-state index in [0.29, 0.717) is 0 Å². The van der Waals surface area contributed by atoms with Crippen molar-refractivity contribution in [3.05, 3.63) is 249 Å². The van der Waals surface area contributed by atoms with Gasteiger partial charge in [0.2, 0.25) is 0 Å². The van der Waals surface area contributed by atoms with Gasteiger partial charge in [-0.2, -0.15) is 0 Å². The largest absolute Gasteiger partial charge is 0.310 e. The predicted octanol–water partition coefficient (Wildman–Crippen LogP) is 18.2. The molecule has 0 radical (unpaired) electrons. The van der Waals surface area contributed by atoms with Gasteiger partial charge in [-0.15, -0.1) is 11.3 Å². The lowest BCUT2D eigenvalue weighted by Gasteiger charge is -2.28. The zero-order valence-corrected chi connectivity index (χ0v) is 35.8. The molecule has 1 aromatic heterocycles. The summed E-state index contributed by atoms with van der Waals surface area (Å²) in [6, 6.07) is 90.9. The minimum atomic E-state index is 1.09. The molecule has 0 fully saturated rings. The third kappa shape index (κ3) is 6.64. The van der Waals surface area contributed by atoms with Crippen molar-refractivity contribution in [3.8, 4) is 55.6 Å². The Morgan fingerprint density at radius 3 is 1.38 bits per heavy atom. The number of nitrogens with zero attached hydrogens (tertiary/aromatic N) is 1. The molecule has 0 unspecified atom stereocenters. The van der Waals surface area contributed by atoms with Gasteiger partial charge in [0, 0.05) is 37.1 Å². The van der Waals surface area contributed by atoms with Crippen molar-refractivity contribution in [1.82, 2.24) is 0 Å². The van der Waals surface area contributed by atoms with Gasteiger partial charge in [-0.1, -0.05) is 206 Å². The van der Waals surface area contributed by atoms with Crippen LogP contribution < -0.4 is 4.90 Å². The van der Waals surface area contributed by atoms with Crippen LogP contribution in [0, 0.1) is 0 Å². The van der Waals surface area contributed by atoms with Crippen molar-refractivity contribution in [2.24, 2.45) is 0 Å². The topological polar surface area (TPSA) is 3.24 Å². The van der Waals surface area contributed by atoms with Gasteiger partial charge >= 0.3 is 0 Å². The molecule has 12 rings (SSSR count). The second-order valence-electron chi connectivity index (χ2n) is 16.4. The van der Waals surface area contributed by atoms with Crippen LogP contribution in [0.3, 0.4) is 0 Å². The first-order chi connectivity index (χ1) is 31.7. The quantitative estimate of drug-likeness (QED) is 0.147. The SMILES string of the molecule is c1ccc(-c2cccc3ccccc23)c(-c2ccc(N(c3ccc(-c4ccc(-c5cccc6ccccc56)cc4)cc3)c3ccccc3-c3cccc4sc5ccccc5c34)cc2)c1. The summed E-state index contributed by atoms with van der Waals surface area (Å²) in [6.07, 6.45) is 0. The highest BCUT2D eigenvalue weighted by Gasteiger charge is 2.21. The molecule has 0 N–H and O–H groups in total. The van der Waals surface area contributed by atoms with E-state index < -0.39 is 0 Å². The second kappa shape index (κ2) is 16.0. The van der Waals surface area contributed by atoms with Gasteiger partial charge in [-0.25, -0.2) is 0 Å². The van der Waals surface area contributed by atoms with Crippen LogP contribution in [-0.2, 0) is 0 Å². The molecule has 0 spiro atoms. The van der Waals surface area contributed by atoms with Gasteiger partial charge in [0.15, 0.2) is 0 Å². The second-order valence-corrected chi connectivity index (χ2v) is 17.5. The van der Waals surface area contributed by atoms with Crippen LogP contribution in [0.5, 0.6) is 0 Å². The molecular formula is C62H41NS. The Morgan fingerprint density at radius 2 is 0.672 bits per heavy atom. The van der Waals surface area contributed by atoms with E-state index in [9.17, 15) is 0 Å². The Bertz CT molecular complexity index is 3640. The molecule has 1 heterocycles. The maximum atomic E-state index is 2.43. The van der Waals surface area contributed by atoms with Crippen molar-refractivity contribution >= 4 is 70.1 Å². The number of rotatable bonds is 8. The van der Waals surface area contributed by atoms with Gasteiger partial charge in [-0.3, -0.25) is 0 Å². The lowest BCUT2D eigenvalue weighted by molar-refractivity contribution is 1.28. The molecule has 2 heteroatoms. The summed E-state index contributed by atoms with van der Waals surface area (Å²) in [5, 5.41) is 7.63. The lowest BCUT2D eigenvalue weighted by Crippen LogP contribution is -2.11. The molecule has 0 amide bonds. The minimum absolute atomic E-state index is 1.09. The molecule has 300 valence electrons. The van der Waals surface area contributed by atoms with Gasteiger partial charge in [0.25, 0.3) is 0 Å². The minimum Gasteiger partial charge on any atom is -0.310 e. The van der Waals surface area contributed by atoms with Gasteiger partial charge in [0.05, 0.1) is 5.69 Å². The third-order valence-corrected chi connectivity index (χ3v) is 13.9. The highest BCUT2D eigenvalue weighted by molar-refractivity contribution is 7.25. The van der Waals surface area contributed by atoms with E-state index in [1.807, 2.05) is 11.3 Å². The van der Waals surface area contributed by atoms with E-state index in [1.165, 1.54) is 97.4 Å². The Hall–Kier alpha value is -8.04. The zero-order chi connectivity index (χ0) is 42.4. The van der Waals surface area contributed by atoms with E-state index in [2.05, 4.69) is 254 Å². The van der Waals surface area contributed by atoms with E-state index >= 15 is 0 Å². The summed E-state index contributed by atoms with van der Waals surface area (Å²) in [7, 11) is 0.